The van der Waals surface area contributed by atoms with Gasteiger partial charge >= 0.3 is 0 Å². The van der Waals surface area contributed by atoms with E-state index in [0.29, 0.717) is 0 Å². The molecule has 0 atom stereocenters. The van der Waals surface area contributed by atoms with Crippen LogP contribution in [0.3, 0.4) is 0 Å². The number of hydrogen-bond donors (Lipinski definition) is 2. The third-order valence-corrected chi connectivity index (χ3v) is 4.01. The summed E-state index contributed by atoms with van der Waals surface area (Å²) < 4.78 is 0. The van der Waals surface area contributed by atoms with Gasteiger partial charge in [-0.25, -0.2) is 0 Å². The molecule has 1 heterocycles. The fourth-order valence-electron chi connectivity index (χ4n) is 2.89. The molecule has 4 heteroatoms. The minimum absolute atomic E-state index is 0.160. The Morgan fingerprint density at radius 1 is 1.19 bits per heavy atom. The molecular formula is C17H19N3O. The van der Waals surface area contributed by atoms with E-state index in [0.717, 1.165) is 36.3 Å². The highest BCUT2D eigenvalue weighted by molar-refractivity contribution is 6.02. The molecule has 0 spiro atoms. The zero-order valence-corrected chi connectivity index (χ0v) is 12.1. The summed E-state index contributed by atoms with van der Waals surface area (Å²) in [6.45, 7) is 3.79. The van der Waals surface area contributed by atoms with Crippen molar-refractivity contribution in [3.8, 4) is 0 Å². The molecule has 0 unspecified atom stereocenters. The quantitative estimate of drug-likeness (QED) is 0.385. The van der Waals surface area contributed by atoms with Crippen LogP contribution in [0.1, 0.15) is 22.3 Å². The molecule has 0 radical (unpaired) electrons. The number of nitrogens with zero attached hydrogens (tertiary/aromatic N) is 2. The van der Waals surface area contributed by atoms with Gasteiger partial charge in [-0.1, -0.05) is 41.1 Å². The summed E-state index contributed by atoms with van der Waals surface area (Å²) >= 11 is 0. The summed E-state index contributed by atoms with van der Waals surface area (Å²) in [5.41, 5.74) is 11.5. The Morgan fingerprint density at radius 2 is 1.95 bits per heavy atom. The Bertz CT molecular complexity index is 694. The maximum atomic E-state index is 9.00. The Kier molecular flexibility index (Phi) is 3.52. The highest BCUT2D eigenvalue weighted by Gasteiger charge is 2.19. The first-order valence-electron chi connectivity index (χ1n) is 7.09. The van der Waals surface area contributed by atoms with E-state index < -0.39 is 0 Å². The number of aryl methyl sites for hydroxylation is 1. The van der Waals surface area contributed by atoms with Crippen molar-refractivity contribution in [1.29, 1.82) is 0 Å². The van der Waals surface area contributed by atoms with E-state index in [1.807, 2.05) is 13.0 Å². The Labute approximate surface area is 124 Å². The van der Waals surface area contributed by atoms with Crippen LogP contribution < -0.4 is 10.6 Å². The molecule has 0 saturated heterocycles. The van der Waals surface area contributed by atoms with E-state index in [1.54, 1.807) is 0 Å². The van der Waals surface area contributed by atoms with Gasteiger partial charge in [-0.15, -0.1) is 0 Å². The van der Waals surface area contributed by atoms with Crippen LogP contribution >= 0.6 is 0 Å². The third-order valence-electron chi connectivity index (χ3n) is 4.01. The Hall–Kier alpha value is -2.49. The molecule has 0 amide bonds. The van der Waals surface area contributed by atoms with E-state index >= 15 is 0 Å². The van der Waals surface area contributed by atoms with E-state index in [1.165, 1.54) is 11.1 Å². The predicted octanol–water partition coefficient (Wildman–Crippen LogP) is 2.65. The van der Waals surface area contributed by atoms with Crippen LogP contribution in [0.4, 0.5) is 5.69 Å². The fourth-order valence-corrected chi connectivity index (χ4v) is 2.89. The molecule has 3 rings (SSSR count). The molecule has 2 aromatic rings. The van der Waals surface area contributed by atoms with Crippen molar-refractivity contribution in [3.63, 3.8) is 0 Å². The van der Waals surface area contributed by atoms with E-state index in [-0.39, 0.29) is 5.84 Å². The van der Waals surface area contributed by atoms with Crippen LogP contribution in [-0.2, 0) is 13.0 Å². The topological polar surface area (TPSA) is 61.8 Å². The second-order valence-corrected chi connectivity index (χ2v) is 5.45. The van der Waals surface area contributed by atoms with E-state index in [4.69, 9.17) is 10.9 Å². The van der Waals surface area contributed by atoms with Crippen molar-refractivity contribution in [1.82, 2.24) is 0 Å². The Balaban J connectivity index is 1.99. The number of anilines is 1. The van der Waals surface area contributed by atoms with Crippen molar-refractivity contribution >= 4 is 11.5 Å². The van der Waals surface area contributed by atoms with Crippen molar-refractivity contribution < 1.29 is 5.21 Å². The molecule has 1 aliphatic rings. The zero-order valence-electron chi connectivity index (χ0n) is 12.1. The second-order valence-electron chi connectivity index (χ2n) is 5.45. The van der Waals surface area contributed by atoms with Gasteiger partial charge in [-0.2, -0.15) is 0 Å². The van der Waals surface area contributed by atoms with Gasteiger partial charge < -0.3 is 15.8 Å². The molecule has 0 bridgehead atoms. The van der Waals surface area contributed by atoms with Gasteiger partial charge in [-0.3, -0.25) is 0 Å². The van der Waals surface area contributed by atoms with Gasteiger partial charge in [0, 0.05) is 24.3 Å². The Morgan fingerprint density at radius 3 is 2.71 bits per heavy atom. The van der Waals surface area contributed by atoms with Gasteiger partial charge in [-0.05, 0) is 36.6 Å². The molecule has 4 nitrogen and oxygen atoms in total. The molecule has 2 aromatic carbocycles. The summed E-state index contributed by atoms with van der Waals surface area (Å²) in [4.78, 5) is 2.29. The van der Waals surface area contributed by atoms with Crippen molar-refractivity contribution in [2.75, 3.05) is 11.4 Å². The van der Waals surface area contributed by atoms with Crippen LogP contribution in [0, 0.1) is 6.92 Å². The predicted molar refractivity (Wildman–Crippen MR) is 84.9 cm³/mol. The lowest BCUT2D eigenvalue weighted by Crippen LogP contribution is -2.32. The number of benzene rings is 2. The lowest BCUT2D eigenvalue weighted by atomic mass is 9.98. The molecule has 108 valence electrons. The largest absolute Gasteiger partial charge is 0.409 e. The smallest absolute Gasteiger partial charge is 0.172 e. The van der Waals surface area contributed by atoms with E-state index in [9.17, 15) is 0 Å². The maximum Gasteiger partial charge on any atom is 0.172 e. The number of fused-ring (bicyclic) bond motifs is 1. The summed E-state index contributed by atoms with van der Waals surface area (Å²) in [5.74, 6) is 0.160. The molecule has 3 N–H and O–H groups in total. The summed E-state index contributed by atoms with van der Waals surface area (Å²) in [6.07, 6.45) is 1.01. The van der Waals surface area contributed by atoms with Crippen LogP contribution in [0.25, 0.3) is 0 Å². The normalized spacial score (nSPS) is 14.9. The first kappa shape index (κ1) is 13.5. The highest BCUT2D eigenvalue weighted by Crippen LogP contribution is 2.28. The number of nitrogens with two attached hydrogens (primary N) is 1. The number of amidine groups is 1. The average Bonchev–Trinajstić information content (AvgIpc) is 2.53. The van der Waals surface area contributed by atoms with Gasteiger partial charge in [0.05, 0.1) is 0 Å². The maximum absolute atomic E-state index is 9.00. The fraction of sp³-hybridized carbons (Fsp3) is 0.235. The van der Waals surface area contributed by atoms with Crippen molar-refractivity contribution in [2.24, 2.45) is 10.9 Å². The second kappa shape index (κ2) is 5.48. The first-order valence-corrected chi connectivity index (χ1v) is 7.09. The number of oxime groups is 1. The number of hydrogen-bond acceptors (Lipinski definition) is 3. The lowest BCUT2D eigenvalue weighted by Gasteiger charge is -2.32. The highest BCUT2D eigenvalue weighted by atomic mass is 16.4. The molecule has 0 fully saturated rings. The summed E-state index contributed by atoms with van der Waals surface area (Å²) in [7, 11) is 0. The molecular weight excluding hydrogens is 262 g/mol. The first-order chi connectivity index (χ1) is 10.2. The lowest BCUT2D eigenvalue weighted by molar-refractivity contribution is 0.318. The number of rotatable bonds is 2. The van der Waals surface area contributed by atoms with Crippen LogP contribution in [0.2, 0.25) is 0 Å². The summed E-state index contributed by atoms with van der Waals surface area (Å²) in [6, 6.07) is 14.6. The minimum Gasteiger partial charge on any atom is -0.409 e. The molecule has 1 aliphatic heterocycles. The van der Waals surface area contributed by atoms with Crippen LogP contribution in [-0.4, -0.2) is 17.6 Å². The third kappa shape index (κ3) is 2.57. The average molecular weight is 281 g/mol. The molecule has 0 aromatic heterocycles. The molecule has 21 heavy (non-hydrogen) atoms. The van der Waals surface area contributed by atoms with Gasteiger partial charge in [0.25, 0.3) is 0 Å². The zero-order chi connectivity index (χ0) is 14.8. The molecule has 0 saturated carbocycles. The van der Waals surface area contributed by atoms with Gasteiger partial charge in [0.1, 0.15) is 0 Å². The summed E-state index contributed by atoms with van der Waals surface area (Å²) in [5, 5.41) is 12.2. The van der Waals surface area contributed by atoms with E-state index in [2.05, 4.69) is 46.5 Å². The van der Waals surface area contributed by atoms with Gasteiger partial charge in [0.2, 0.25) is 0 Å². The monoisotopic (exact) mass is 281 g/mol. The SMILES string of the molecule is Cc1ccc(N2CCc3ccccc3C2)c(/C(N)=N/O)c1. The molecule has 0 aliphatic carbocycles. The van der Waals surface area contributed by atoms with Crippen LogP contribution in [0.15, 0.2) is 47.6 Å². The van der Waals surface area contributed by atoms with Crippen molar-refractivity contribution in [3.05, 3.63) is 64.7 Å². The van der Waals surface area contributed by atoms with Crippen molar-refractivity contribution in [2.45, 2.75) is 19.9 Å². The van der Waals surface area contributed by atoms with Gasteiger partial charge in [0.15, 0.2) is 5.84 Å². The standard InChI is InChI=1S/C17H19N3O/c1-12-6-7-16(15(10-12)17(18)19-21)20-9-8-13-4-2-3-5-14(13)11-20/h2-7,10,21H,8-9,11H2,1H3,(H2,18,19). The minimum atomic E-state index is 0.160. The van der Waals surface area contributed by atoms with Crippen LogP contribution in [0.5, 0.6) is 0 Å².